The summed E-state index contributed by atoms with van der Waals surface area (Å²) in [6, 6.07) is 16.7. The van der Waals surface area contributed by atoms with Crippen LogP contribution in [0.25, 0.3) is 0 Å². The fraction of sp³-hybridized carbons (Fsp3) is 0.238. The minimum absolute atomic E-state index is 0.125. The third-order valence-corrected chi connectivity index (χ3v) is 4.97. The average Bonchev–Trinajstić information content (AvgIpc) is 3.16. The summed E-state index contributed by atoms with van der Waals surface area (Å²) in [7, 11) is 3.37. The number of hydrogen-bond donors (Lipinski definition) is 0. The van der Waals surface area contributed by atoms with Crippen molar-refractivity contribution in [2.24, 2.45) is 0 Å². The Balaban J connectivity index is 1.71. The molecule has 0 spiro atoms. The Kier molecular flexibility index (Phi) is 5.81. The van der Waals surface area contributed by atoms with Crippen LogP contribution in [-0.4, -0.2) is 30.1 Å². The van der Waals surface area contributed by atoms with Gasteiger partial charge < -0.3 is 14.2 Å². The Morgan fingerprint density at radius 1 is 1.22 bits per heavy atom. The molecule has 1 unspecified atom stereocenters. The van der Waals surface area contributed by atoms with Crippen molar-refractivity contribution >= 4 is 17.5 Å². The van der Waals surface area contributed by atoms with Crippen molar-refractivity contribution in [1.82, 2.24) is 10.1 Å². The Bertz CT molecular complexity index is 921. The summed E-state index contributed by atoms with van der Waals surface area (Å²) in [6.45, 7) is 1.96. The Hall–Kier alpha value is -2.79. The van der Waals surface area contributed by atoms with Crippen LogP contribution >= 0.6 is 11.6 Å². The summed E-state index contributed by atoms with van der Waals surface area (Å²) in [6.07, 6.45) is 0.508. The summed E-state index contributed by atoms with van der Waals surface area (Å²) in [5.41, 5.74) is 2.60. The molecule has 1 aromatic heterocycles. The van der Waals surface area contributed by atoms with Gasteiger partial charge in [-0.15, -0.1) is 0 Å². The van der Waals surface area contributed by atoms with Gasteiger partial charge in [-0.25, -0.2) is 0 Å². The number of hydrogen-bond acceptors (Lipinski definition) is 4. The number of nitrogens with zero attached hydrogens (tertiary/aromatic N) is 2. The van der Waals surface area contributed by atoms with Gasteiger partial charge in [0.05, 0.1) is 18.8 Å². The molecule has 140 valence electrons. The smallest absolute Gasteiger partial charge is 0.292 e. The number of aromatic nitrogens is 1. The van der Waals surface area contributed by atoms with Crippen molar-refractivity contribution in [2.45, 2.75) is 19.4 Å². The van der Waals surface area contributed by atoms with E-state index in [0.717, 1.165) is 16.9 Å². The van der Waals surface area contributed by atoms with Crippen LogP contribution in [0.15, 0.2) is 59.1 Å². The van der Waals surface area contributed by atoms with Crippen molar-refractivity contribution in [3.8, 4) is 5.75 Å². The second kappa shape index (κ2) is 8.27. The van der Waals surface area contributed by atoms with E-state index in [4.69, 9.17) is 20.9 Å². The van der Waals surface area contributed by atoms with Gasteiger partial charge in [0.1, 0.15) is 5.75 Å². The lowest BCUT2D eigenvalue weighted by atomic mass is 10.1. The van der Waals surface area contributed by atoms with Crippen LogP contribution < -0.4 is 4.74 Å². The lowest BCUT2D eigenvalue weighted by Gasteiger charge is -2.24. The number of halogens is 1. The number of methoxy groups -OCH3 is 1. The van der Waals surface area contributed by atoms with Crippen LogP contribution in [0.4, 0.5) is 0 Å². The number of ether oxygens (including phenoxy) is 1. The number of carbonyl (C=O) groups excluding carboxylic acids is 1. The van der Waals surface area contributed by atoms with Crippen molar-refractivity contribution in [3.05, 3.63) is 82.2 Å². The van der Waals surface area contributed by atoms with Crippen LogP contribution in [0.3, 0.4) is 0 Å². The fourth-order valence-corrected chi connectivity index (χ4v) is 2.99. The SMILES string of the molecule is COc1ccc(C(C)N(C)C(=O)c2cc(Cc3ccccc3Cl)no2)cc1. The van der Waals surface area contributed by atoms with E-state index in [0.29, 0.717) is 17.1 Å². The zero-order valence-electron chi connectivity index (χ0n) is 15.5. The average molecular weight is 385 g/mol. The maximum Gasteiger partial charge on any atom is 0.292 e. The summed E-state index contributed by atoms with van der Waals surface area (Å²) in [5.74, 6) is 0.760. The molecule has 1 amide bonds. The molecule has 3 rings (SSSR count). The maximum atomic E-state index is 12.8. The first-order chi connectivity index (χ1) is 13.0. The minimum Gasteiger partial charge on any atom is -0.497 e. The summed E-state index contributed by atoms with van der Waals surface area (Å²) < 4.78 is 10.5. The quantitative estimate of drug-likeness (QED) is 0.614. The van der Waals surface area contributed by atoms with Crippen LogP contribution in [0.5, 0.6) is 5.75 Å². The molecule has 0 saturated heterocycles. The first kappa shape index (κ1) is 19.0. The van der Waals surface area contributed by atoms with Gasteiger partial charge >= 0.3 is 0 Å². The molecule has 1 atom stereocenters. The highest BCUT2D eigenvalue weighted by Gasteiger charge is 2.23. The zero-order chi connectivity index (χ0) is 19.4. The first-order valence-corrected chi connectivity index (χ1v) is 8.97. The van der Waals surface area contributed by atoms with Crippen LogP contribution in [0.2, 0.25) is 5.02 Å². The molecule has 6 heteroatoms. The van der Waals surface area contributed by atoms with E-state index in [1.807, 2.05) is 55.5 Å². The van der Waals surface area contributed by atoms with Crippen molar-refractivity contribution in [3.63, 3.8) is 0 Å². The molecule has 0 aliphatic rings. The molecule has 0 bridgehead atoms. The second-order valence-electron chi connectivity index (χ2n) is 6.32. The van der Waals surface area contributed by atoms with Crippen LogP contribution in [0, 0.1) is 0 Å². The van der Waals surface area contributed by atoms with Gasteiger partial charge in [0.2, 0.25) is 5.76 Å². The molecule has 0 aliphatic heterocycles. The van der Waals surface area contributed by atoms with Crippen molar-refractivity contribution in [1.29, 1.82) is 0 Å². The van der Waals surface area contributed by atoms with Crippen LogP contribution in [-0.2, 0) is 6.42 Å². The van der Waals surface area contributed by atoms with Crippen molar-refractivity contribution in [2.75, 3.05) is 14.2 Å². The molecule has 3 aromatic rings. The fourth-order valence-electron chi connectivity index (χ4n) is 2.79. The molecule has 27 heavy (non-hydrogen) atoms. The van der Waals surface area contributed by atoms with E-state index in [-0.39, 0.29) is 17.7 Å². The van der Waals surface area contributed by atoms with E-state index in [1.165, 1.54) is 0 Å². The molecule has 1 heterocycles. The van der Waals surface area contributed by atoms with Gasteiger partial charge in [0.15, 0.2) is 0 Å². The van der Waals surface area contributed by atoms with Gasteiger partial charge in [-0.3, -0.25) is 4.79 Å². The van der Waals surface area contributed by atoms with E-state index in [1.54, 1.807) is 25.1 Å². The zero-order valence-corrected chi connectivity index (χ0v) is 16.2. The summed E-state index contributed by atoms with van der Waals surface area (Å²) in [4.78, 5) is 14.4. The lowest BCUT2D eigenvalue weighted by molar-refractivity contribution is 0.0700. The third-order valence-electron chi connectivity index (χ3n) is 4.60. The molecule has 2 aromatic carbocycles. The highest BCUT2D eigenvalue weighted by Crippen LogP contribution is 2.24. The predicted molar refractivity (Wildman–Crippen MR) is 104 cm³/mol. The molecular weight excluding hydrogens is 364 g/mol. The maximum absolute atomic E-state index is 12.8. The molecule has 0 saturated carbocycles. The third kappa shape index (κ3) is 4.31. The van der Waals surface area contributed by atoms with Gasteiger partial charge in [0.25, 0.3) is 5.91 Å². The highest BCUT2D eigenvalue weighted by atomic mass is 35.5. The number of benzene rings is 2. The van der Waals surface area contributed by atoms with E-state index in [2.05, 4.69) is 5.16 Å². The van der Waals surface area contributed by atoms with Crippen molar-refractivity contribution < 1.29 is 14.1 Å². The van der Waals surface area contributed by atoms with E-state index < -0.39 is 0 Å². The molecule has 0 radical (unpaired) electrons. The summed E-state index contributed by atoms with van der Waals surface area (Å²) >= 11 is 6.18. The number of amides is 1. The Labute approximate surface area is 163 Å². The van der Waals surface area contributed by atoms with Gasteiger partial charge in [0, 0.05) is 24.6 Å². The highest BCUT2D eigenvalue weighted by molar-refractivity contribution is 6.31. The molecular formula is C21H21ClN2O3. The van der Waals surface area contributed by atoms with E-state index in [9.17, 15) is 4.79 Å². The second-order valence-corrected chi connectivity index (χ2v) is 6.72. The molecule has 0 aliphatic carbocycles. The van der Waals surface area contributed by atoms with Gasteiger partial charge in [-0.2, -0.15) is 0 Å². The van der Waals surface area contributed by atoms with Gasteiger partial charge in [-0.05, 0) is 36.2 Å². The Morgan fingerprint density at radius 3 is 2.59 bits per heavy atom. The van der Waals surface area contributed by atoms with E-state index >= 15 is 0 Å². The topological polar surface area (TPSA) is 55.6 Å². The lowest BCUT2D eigenvalue weighted by Crippen LogP contribution is -2.29. The van der Waals surface area contributed by atoms with Crippen LogP contribution in [0.1, 0.15) is 40.3 Å². The first-order valence-electron chi connectivity index (χ1n) is 8.59. The molecule has 0 fully saturated rings. The largest absolute Gasteiger partial charge is 0.497 e. The normalized spacial score (nSPS) is 11.9. The number of carbonyl (C=O) groups is 1. The standard InChI is InChI=1S/C21H21ClN2O3/c1-14(15-8-10-18(26-3)11-9-15)24(2)21(25)20-13-17(23-27-20)12-16-6-4-5-7-19(16)22/h4-11,13-14H,12H2,1-3H3. The Morgan fingerprint density at radius 2 is 1.93 bits per heavy atom. The number of rotatable bonds is 6. The predicted octanol–water partition coefficient (Wildman–Crippen LogP) is 4.76. The minimum atomic E-state index is -0.226. The van der Waals surface area contributed by atoms with Gasteiger partial charge in [-0.1, -0.05) is 47.1 Å². The molecule has 5 nitrogen and oxygen atoms in total. The monoisotopic (exact) mass is 384 g/mol. The molecule has 0 N–H and O–H groups in total. The summed E-state index contributed by atoms with van der Waals surface area (Å²) in [5, 5.41) is 4.68.